The summed E-state index contributed by atoms with van der Waals surface area (Å²) in [6, 6.07) is 66.1. The van der Waals surface area contributed by atoms with Crippen LogP contribution in [0.1, 0.15) is 38.9 Å². The second-order valence-electron chi connectivity index (χ2n) is 23.1. The molecule has 0 bridgehead atoms. The van der Waals surface area contributed by atoms with Gasteiger partial charge < -0.3 is 76.7 Å². The van der Waals surface area contributed by atoms with Crippen molar-refractivity contribution in [2.45, 2.75) is 142 Å². The van der Waals surface area contributed by atoms with Crippen LogP contribution in [-0.2, 0) is 117 Å². The number of nitrogens with one attached hydrogen (secondary N) is 1. The largest absolute Gasteiger partial charge is 0.385 e. The third kappa shape index (κ3) is 21.4. The van der Waals surface area contributed by atoms with Gasteiger partial charge in [-0.1, -0.05) is 259 Å². The third-order valence-electron chi connectivity index (χ3n) is 16.1. The maximum atomic E-state index is 14.4. The number of carbonyl (C=O) groups is 1. The molecule has 10 rings (SSSR count). The Morgan fingerprint density at radius 1 is 0.389 bits per heavy atom. The average molecular weight is 1360 g/mol. The van der Waals surface area contributed by atoms with Crippen molar-refractivity contribution >= 4 is 40.7 Å². The Labute approximate surface area is 570 Å². The zero-order chi connectivity index (χ0) is 66.0. The molecule has 3 heterocycles. The Bertz CT molecular complexity index is 3320. The van der Waals surface area contributed by atoms with Crippen molar-refractivity contribution in [2.24, 2.45) is 0 Å². The fraction of sp³-hybridized carbons (Fsp3) is 0.373. The quantitative estimate of drug-likeness (QED) is 0.0283. The van der Waals surface area contributed by atoms with Crippen molar-refractivity contribution in [3.63, 3.8) is 0 Å². The van der Waals surface area contributed by atoms with Crippen LogP contribution in [0, 0.1) is 0 Å². The summed E-state index contributed by atoms with van der Waals surface area (Å²) >= 11 is 19.4. The van der Waals surface area contributed by atoms with E-state index in [4.69, 9.17) is 101 Å². The number of carbonyl (C=O) groups excluding carboxylic acids is 1. The van der Waals surface area contributed by atoms with Gasteiger partial charge in [0.05, 0.1) is 79.3 Å². The second kappa shape index (κ2) is 37.5. The zero-order valence-electron chi connectivity index (χ0n) is 52.6. The minimum Gasteiger partial charge on any atom is -0.385 e. The highest BCUT2D eigenvalue weighted by molar-refractivity contribution is 6.76. The van der Waals surface area contributed by atoms with E-state index >= 15 is 0 Å². The number of benzene rings is 7. The molecule has 0 aliphatic carbocycles. The average Bonchev–Trinajstić information content (AvgIpc) is 0.777. The molecule has 3 saturated heterocycles. The van der Waals surface area contributed by atoms with Crippen molar-refractivity contribution in [2.75, 3.05) is 33.0 Å². The van der Waals surface area contributed by atoms with Gasteiger partial charge in [-0.05, 0) is 38.9 Å². The van der Waals surface area contributed by atoms with Crippen LogP contribution < -0.4 is 5.32 Å². The number of alkyl halides is 3. The lowest BCUT2D eigenvalue weighted by molar-refractivity contribution is -0.368. The van der Waals surface area contributed by atoms with Gasteiger partial charge in [-0.3, -0.25) is 4.79 Å². The number of halogens is 3. The maximum Gasteiger partial charge on any atom is 0.272 e. The smallest absolute Gasteiger partial charge is 0.272 e. The fourth-order valence-electron chi connectivity index (χ4n) is 11.4. The Balaban J connectivity index is 1.05. The first kappa shape index (κ1) is 71.5. The molecule has 3 aliphatic heterocycles. The van der Waals surface area contributed by atoms with Crippen molar-refractivity contribution in [3.05, 3.63) is 277 Å². The number of hydrogen-bond donors (Lipinski definition) is 2. The molecular formula is C75H82Cl3NO16. The fourth-order valence-corrected chi connectivity index (χ4v) is 11.6. The van der Waals surface area contributed by atoms with Crippen LogP contribution in [0.15, 0.2) is 238 Å². The number of rotatable bonds is 35. The molecule has 0 aromatic heterocycles. The maximum absolute atomic E-state index is 14.4. The van der Waals surface area contributed by atoms with Gasteiger partial charge in [0.15, 0.2) is 18.9 Å². The Kier molecular flexibility index (Phi) is 28.2. The highest BCUT2D eigenvalue weighted by Gasteiger charge is 2.56. The van der Waals surface area contributed by atoms with Gasteiger partial charge in [0.25, 0.3) is 9.70 Å². The summed E-state index contributed by atoms with van der Waals surface area (Å²) in [6.45, 7) is 8.40. The SMILES string of the molecule is C=CCO[C@H]1O[C@H](CO[C@H]2O[C@H](COCc3ccccc3)[C@@H](OCc3ccccc3)[C@H](OCc3ccccc3)[C@@H]2O)[C@@H](O[C@@H]2O[C@H](COCc3ccccc3)[C@H](OCc3ccccc3)[C@H](OCc3ccccc3)[C@H]2NC(=O)C(Cl)(Cl)Cl)[C@H](OCc2ccccc2)[C@@H]1OCC=C. The highest BCUT2D eigenvalue weighted by Crippen LogP contribution is 2.38. The van der Waals surface area contributed by atoms with E-state index in [2.05, 4.69) is 18.5 Å². The van der Waals surface area contributed by atoms with Gasteiger partial charge in [-0.25, -0.2) is 0 Å². The molecular weight excluding hydrogens is 1280 g/mol. The molecule has 0 radical (unpaired) electrons. The highest BCUT2D eigenvalue weighted by atomic mass is 35.6. The standard InChI is InChI=1S/C75H82Cl3NO16/c1-3-40-84-70-69(90-48-58-38-24-11-25-39-58)66(95-71-62(79-74(81)75(76,77)78)67(88-46-56-34-20-9-21-35-56)64(86-44-54-30-16-7-17-31-54)59(92-71)49-82-42-52-26-12-5-13-27-52)61(94-73(70)85-41-4-2)51-91-72-63(80)68(89-47-57-36-22-10-23-37-57)65(87-45-55-32-18-8-19-33-55)60(93-72)50-83-43-53-28-14-6-15-29-53/h3-39,59-73,80H,1-2,40-51H2,(H,79,81)/t59-,60-,61-,62-,63+,64+,65-,66-,67-,68-,69+,70+,71+,72+,73+/m1/s1. The van der Waals surface area contributed by atoms with Gasteiger partial charge in [-0.2, -0.15) is 0 Å². The normalized spacial score (nSPS) is 26.1. The first-order chi connectivity index (χ1) is 46.5. The molecule has 0 unspecified atom stereocenters. The summed E-state index contributed by atoms with van der Waals surface area (Å²) in [7, 11) is 0. The van der Waals surface area contributed by atoms with Crippen LogP contribution in [-0.4, -0.2) is 140 Å². The van der Waals surface area contributed by atoms with E-state index in [0.717, 1.165) is 38.9 Å². The van der Waals surface area contributed by atoms with Crippen molar-refractivity contribution in [1.82, 2.24) is 5.32 Å². The number of aliphatic hydroxyl groups excluding tert-OH is 1. The number of amides is 1. The predicted octanol–water partition coefficient (Wildman–Crippen LogP) is 11.9. The van der Waals surface area contributed by atoms with Crippen molar-refractivity contribution < 1.29 is 76.2 Å². The van der Waals surface area contributed by atoms with Gasteiger partial charge in [0.2, 0.25) is 0 Å². The Morgan fingerprint density at radius 3 is 1.14 bits per heavy atom. The molecule has 15 atom stereocenters. The number of aliphatic hydroxyl groups is 1. The van der Waals surface area contributed by atoms with Crippen LogP contribution in [0.3, 0.4) is 0 Å². The molecule has 504 valence electrons. The molecule has 3 aliphatic rings. The molecule has 95 heavy (non-hydrogen) atoms. The Hall–Kier alpha value is -6.24. The van der Waals surface area contributed by atoms with Crippen molar-refractivity contribution in [1.29, 1.82) is 0 Å². The predicted molar refractivity (Wildman–Crippen MR) is 358 cm³/mol. The lowest BCUT2D eigenvalue weighted by atomic mass is 9.94. The van der Waals surface area contributed by atoms with E-state index in [-0.39, 0.29) is 79.3 Å². The summed E-state index contributed by atoms with van der Waals surface area (Å²) in [5.41, 5.74) is 6.06. The first-order valence-corrected chi connectivity index (χ1v) is 32.9. The molecule has 17 nitrogen and oxygen atoms in total. The topological polar surface area (TPSA) is 179 Å². The molecule has 20 heteroatoms. The van der Waals surface area contributed by atoms with Gasteiger partial charge >= 0.3 is 0 Å². The van der Waals surface area contributed by atoms with E-state index in [1.54, 1.807) is 12.2 Å². The van der Waals surface area contributed by atoms with E-state index in [1.165, 1.54) is 0 Å². The van der Waals surface area contributed by atoms with Crippen LogP contribution in [0.4, 0.5) is 0 Å². The zero-order valence-corrected chi connectivity index (χ0v) is 54.9. The molecule has 0 saturated carbocycles. The molecule has 0 spiro atoms. The van der Waals surface area contributed by atoms with E-state index in [9.17, 15) is 9.90 Å². The van der Waals surface area contributed by atoms with Gasteiger partial charge in [0.1, 0.15) is 73.2 Å². The van der Waals surface area contributed by atoms with Crippen molar-refractivity contribution in [3.8, 4) is 0 Å². The first-order valence-electron chi connectivity index (χ1n) is 31.8. The van der Waals surface area contributed by atoms with Crippen LogP contribution >= 0.6 is 34.8 Å². The monoisotopic (exact) mass is 1360 g/mol. The van der Waals surface area contributed by atoms with E-state index in [1.807, 2.05) is 212 Å². The van der Waals surface area contributed by atoms with E-state index in [0.29, 0.717) is 0 Å². The van der Waals surface area contributed by atoms with Crippen LogP contribution in [0.2, 0.25) is 0 Å². The van der Waals surface area contributed by atoms with Gasteiger partial charge in [0, 0.05) is 0 Å². The number of ether oxygens (including phenoxy) is 14. The molecule has 7 aromatic carbocycles. The molecule has 3 fully saturated rings. The van der Waals surface area contributed by atoms with Gasteiger partial charge in [-0.15, -0.1) is 13.2 Å². The summed E-state index contributed by atoms with van der Waals surface area (Å²) in [5, 5.41) is 15.7. The number of hydrogen-bond acceptors (Lipinski definition) is 16. The molecule has 7 aromatic rings. The Morgan fingerprint density at radius 2 is 0.726 bits per heavy atom. The lowest BCUT2D eigenvalue weighted by Crippen LogP contribution is -2.69. The summed E-state index contributed by atoms with van der Waals surface area (Å²) in [5.74, 6) is -1.01. The minimum absolute atomic E-state index is 0.00704. The molecule has 1 amide bonds. The second-order valence-corrected chi connectivity index (χ2v) is 25.3. The third-order valence-corrected chi connectivity index (χ3v) is 16.6. The van der Waals surface area contributed by atoms with E-state index < -0.39 is 102 Å². The molecule has 2 N–H and O–H groups in total. The van der Waals surface area contributed by atoms with Crippen LogP contribution in [0.5, 0.6) is 0 Å². The summed E-state index contributed by atoms with van der Waals surface area (Å²) in [6.07, 6.45) is -13.0. The summed E-state index contributed by atoms with van der Waals surface area (Å²) < 4.78 is 93.4. The lowest BCUT2D eigenvalue weighted by Gasteiger charge is -2.51. The minimum atomic E-state index is -2.49. The summed E-state index contributed by atoms with van der Waals surface area (Å²) in [4.78, 5) is 14.4. The van der Waals surface area contributed by atoms with Crippen LogP contribution in [0.25, 0.3) is 0 Å².